The molecule has 1 N–H and O–H groups in total. The number of esters is 1. The van der Waals surface area contributed by atoms with Crippen LogP contribution in [0.2, 0.25) is 0 Å². The topological polar surface area (TPSA) is 68.0 Å². The molecule has 1 aliphatic heterocycles. The van der Waals surface area contributed by atoms with Crippen molar-refractivity contribution in [2.24, 2.45) is 5.41 Å². The van der Waals surface area contributed by atoms with E-state index < -0.39 is 11.7 Å². The molecule has 1 saturated heterocycles. The Morgan fingerprint density at radius 1 is 1.00 bits per heavy atom. The molecular weight excluding hydrogens is 548 g/mol. The third-order valence-corrected chi connectivity index (χ3v) is 8.21. The Bertz CT molecular complexity index is 1470. The van der Waals surface area contributed by atoms with E-state index in [1.54, 1.807) is 0 Å². The Morgan fingerprint density at radius 2 is 1.57 bits per heavy atom. The van der Waals surface area contributed by atoms with Crippen LogP contribution in [0.3, 0.4) is 0 Å². The molecule has 0 radical (unpaired) electrons. The van der Waals surface area contributed by atoms with Crippen molar-refractivity contribution in [3.63, 3.8) is 0 Å². The molecule has 2 aromatic carbocycles. The molecule has 0 unspecified atom stereocenters. The van der Waals surface area contributed by atoms with E-state index in [1.807, 2.05) is 58.9 Å². The predicted molar refractivity (Wildman–Crippen MR) is 178 cm³/mol. The van der Waals surface area contributed by atoms with Gasteiger partial charge in [-0.2, -0.15) is 0 Å². The lowest BCUT2D eigenvalue weighted by atomic mass is 9.81. The first kappa shape index (κ1) is 33.2. The number of carbonyl (C=O) groups excluding carboxylic acids is 1. The Kier molecular flexibility index (Phi) is 10.5. The van der Waals surface area contributed by atoms with Gasteiger partial charge < -0.3 is 19.7 Å². The zero-order chi connectivity index (χ0) is 32.1. The molecule has 4 rings (SSSR count). The first-order chi connectivity index (χ1) is 20.8. The summed E-state index contributed by atoms with van der Waals surface area (Å²) in [7, 11) is 0. The minimum absolute atomic E-state index is 0.268. The average molecular weight is 597 g/mol. The molecule has 0 bridgehead atoms. The molecule has 0 amide bonds. The lowest BCUT2D eigenvalue weighted by Crippen LogP contribution is -2.39. The lowest BCUT2D eigenvalue weighted by Gasteiger charge is -2.41. The van der Waals surface area contributed by atoms with Crippen molar-refractivity contribution in [3.8, 4) is 11.1 Å². The maximum Gasteiger partial charge on any atom is 0.340 e. The van der Waals surface area contributed by atoms with Gasteiger partial charge in [-0.25, -0.2) is 9.64 Å². The Labute approximate surface area is 263 Å². The van der Waals surface area contributed by atoms with E-state index in [-0.39, 0.29) is 18.0 Å². The fourth-order valence-electron chi connectivity index (χ4n) is 5.79. The number of hydrogen-bond donors (Lipinski definition) is 1. The second-order valence-corrected chi connectivity index (χ2v) is 13.5. The molecular formula is C37H48N4O3. The van der Waals surface area contributed by atoms with Crippen LogP contribution in [0.5, 0.6) is 0 Å². The number of piperidine rings is 1. The molecule has 0 spiro atoms. The van der Waals surface area contributed by atoms with Gasteiger partial charge in [-0.1, -0.05) is 62.4 Å². The molecule has 234 valence electrons. The van der Waals surface area contributed by atoms with Gasteiger partial charge >= 0.3 is 5.97 Å². The molecule has 0 saturated carbocycles. The van der Waals surface area contributed by atoms with Crippen molar-refractivity contribution in [2.45, 2.75) is 93.0 Å². The minimum atomic E-state index is -0.890. The molecule has 3 aromatic rings. The molecule has 1 atom stereocenters. The van der Waals surface area contributed by atoms with Crippen molar-refractivity contribution in [1.82, 2.24) is 10.3 Å². The van der Waals surface area contributed by atoms with Gasteiger partial charge in [0, 0.05) is 48.7 Å². The summed E-state index contributed by atoms with van der Waals surface area (Å²) < 4.78 is 12.0. The van der Waals surface area contributed by atoms with Gasteiger partial charge in [0.15, 0.2) is 11.8 Å². The molecule has 44 heavy (non-hydrogen) atoms. The molecule has 1 aromatic heterocycles. The number of benzene rings is 2. The largest absolute Gasteiger partial charge is 0.464 e. The molecule has 0 aliphatic carbocycles. The van der Waals surface area contributed by atoms with Crippen LogP contribution in [0, 0.1) is 25.8 Å². The van der Waals surface area contributed by atoms with E-state index in [0.717, 1.165) is 78.3 Å². The number of carbonyl (C=O) groups is 1. The van der Waals surface area contributed by atoms with E-state index in [0.29, 0.717) is 5.69 Å². The minimum Gasteiger partial charge on any atom is -0.464 e. The SMILES string of the molecule is [C-]#[N+]c1ccc(CNCc2ccc(-c3c(C)nc(C)c([C@H](OC(C)(C)C)C(=O)OCC)c3N3CCC(C)(C)CC3)cc2)cc1. The van der Waals surface area contributed by atoms with Gasteiger partial charge in [-0.3, -0.25) is 4.98 Å². The standard InChI is InChI=1S/C37H48N4O3/c1-10-43-35(42)34(44-36(4,5)6)32-26(3)40-25(2)31(33(32)41-21-19-37(7,8)20-22-41)29-15-11-27(12-16-29)23-39-24-28-13-17-30(38-9)18-14-28/h11-18,34,39H,10,19-24H2,1-8H3/t34-/m0/s1. The van der Waals surface area contributed by atoms with Gasteiger partial charge in [0.1, 0.15) is 0 Å². The molecule has 7 nitrogen and oxygen atoms in total. The summed E-state index contributed by atoms with van der Waals surface area (Å²) in [5.41, 5.74) is 8.32. The molecule has 2 heterocycles. The van der Waals surface area contributed by atoms with Crippen molar-refractivity contribution >= 4 is 17.3 Å². The van der Waals surface area contributed by atoms with Crippen molar-refractivity contribution in [1.29, 1.82) is 0 Å². The lowest BCUT2D eigenvalue weighted by molar-refractivity contribution is -0.166. The van der Waals surface area contributed by atoms with Gasteiger partial charge in [0.2, 0.25) is 0 Å². The van der Waals surface area contributed by atoms with Crippen LogP contribution in [-0.4, -0.2) is 36.3 Å². The van der Waals surface area contributed by atoms with Crippen LogP contribution in [-0.2, 0) is 27.4 Å². The number of hydrogen-bond acceptors (Lipinski definition) is 6. The fourth-order valence-corrected chi connectivity index (χ4v) is 5.79. The fraction of sp³-hybridized carbons (Fsp3) is 0.486. The van der Waals surface area contributed by atoms with E-state index in [1.165, 1.54) is 5.56 Å². The smallest absolute Gasteiger partial charge is 0.340 e. The van der Waals surface area contributed by atoms with Crippen molar-refractivity contribution < 1.29 is 14.3 Å². The van der Waals surface area contributed by atoms with Crippen molar-refractivity contribution in [2.75, 3.05) is 24.6 Å². The van der Waals surface area contributed by atoms with Crippen LogP contribution in [0.1, 0.15) is 88.6 Å². The zero-order valence-corrected chi connectivity index (χ0v) is 27.7. The Hall–Kier alpha value is -3.73. The van der Waals surface area contributed by atoms with Crippen molar-refractivity contribution in [3.05, 3.63) is 88.0 Å². The first-order valence-electron chi connectivity index (χ1n) is 15.7. The van der Waals surface area contributed by atoms with E-state index in [2.05, 4.69) is 60.1 Å². The summed E-state index contributed by atoms with van der Waals surface area (Å²) >= 11 is 0. The number of anilines is 1. The third-order valence-electron chi connectivity index (χ3n) is 8.21. The summed E-state index contributed by atoms with van der Waals surface area (Å²) in [5, 5.41) is 3.51. The number of rotatable bonds is 10. The number of pyridine rings is 1. The number of aromatic nitrogens is 1. The third kappa shape index (κ3) is 8.25. The van der Waals surface area contributed by atoms with Gasteiger partial charge in [-0.05, 0) is 76.5 Å². The number of nitrogens with one attached hydrogen (secondary N) is 1. The number of ether oxygens (including phenoxy) is 2. The average Bonchev–Trinajstić information content (AvgIpc) is 2.96. The predicted octanol–water partition coefficient (Wildman–Crippen LogP) is 8.25. The van der Waals surface area contributed by atoms with Crippen LogP contribution < -0.4 is 10.2 Å². The summed E-state index contributed by atoms with van der Waals surface area (Å²) in [4.78, 5) is 24.4. The molecule has 1 fully saturated rings. The number of nitrogens with zero attached hydrogens (tertiary/aromatic N) is 3. The Balaban J connectivity index is 1.72. The van der Waals surface area contributed by atoms with E-state index >= 15 is 0 Å². The maximum absolute atomic E-state index is 13.5. The zero-order valence-electron chi connectivity index (χ0n) is 27.7. The summed E-state index contributed by atoms with van der Waals surface area (Å²) in [5.74, 6) is -0.383. The van der Waals surface area contributed by atoms with Gasteiger partial charge in [0.25, 0.3) is 0 Å². The quantitative estimate of drug-likeness (QED) is 0.188. The summed E-state index contributed by atoms with van der Waals surface area (Å²) in [6.07, 6.45) is 1.22. The van der Waals surface area contributed by atoms with E-state index in [9.17, 15) is 4.79 Å². The highest BCUT2D eigenvalue weighted by molar-refractivity contribution is 5.88. The number of aryl methyl sites for hydroxylation is 2. The monoisotopic (exact) mass is 596 g/mol. The molecule has 1 aliphatic rings. The summed E-state index contributed by atoms with van der Waals surface area (Å²) in [6.45, 7) is 27.1. The van der Waals surface area contributed by atoms with Gasteiger partial charge in [-0.15, -0.1) is 0 Å². The van der Waals surface area contributed by atoms with Crippen LogP contribution in [0.4, 0.5) is 11.4 Å². The second-order valence-electron chi connectivity index (χ2n) is 13.5. The van der Waals surface area contributed by atoms with Crippen LogP contribution in [0.25, 0.3) is 16.0 Å². The highest BCUT2D eigenvalue weighted by Crippen LogP contribution is 2.45. The van der Waals surface area contributed by atoms with E-state index in [4.69, 9.17) is 21.0 Å². The summed E-state index contributed by atoms with van der Waals surface area (Å²) in [6, 6.07) is 16.3. The normalized spacial score (nSPS) is 15.5. The van der Waals surface area contributed by atoms with Gasteiger partial charge in [0.05, 0.1) is 24.5 Å². The maximum atomic E-state index is 13.5. The Morgan fingerprint density at radius 3 is 2.09 bits per heavy atom. The van der Waals surface area contributed by atoms with Crippen LogP contribution >= 0.6 is 0 Å². The second kappa shape index (κ2) is 13.9. The highest BCUT2D eigenvalue weighted by atomic mass is 16.6. The van der Waals surface area contributed by atoms with Crippen LogP contribution in [0.15, 0.2) is 48.5 Å². The molecule has 7 heteroatoms. The highest BCUT2D eigenvalue weighted by Gasteiger charge is 2.37. The first-order valence-corrected chi connectivity index (χ1v) is 15.7.